The SMILES string of the molecule is CCOC(=O)N(C)CCOc1ccccc1. The highest BCUT2D eigenvalue weighted by atomic mass is 16.6. The second-order valence-corrected chi connectivity index (χ2v) is 3.28. The van der Waals surface area contributed by atoms with Gasteiger partial charge in [-0.2, -0.15) is 0 Å². The van der Waals surface area contributed by atoms with Crippen molar-refractivity contribution in [2.75, 3.05) is 26.8 Å². The summed E-state index contributed by atoms with van der Waals surface area (Å²) in [5, 5.41) is 0. The molecule has 16 heavy (non-hydrogen) atoms. The fourth-order valence-electron chi connectivity index (χ4n) is 1.14. The first-order valence-electron chi connectivity index (χ1n) is 5.29. The van der Waals surface area contributed by atoms with Crippen molar-refractivity contribution >= 4 is 6.09 Å². The van der Waals surface area contributed by atoms with Crippen LogP contribution in [0.1, 0.15) is 6.92 Å². The number of hydrogen-bond acceptors (Lipinski definition) is 3. The molecule has 0 N–H and O–H groups in total. The summed E-state index contributed by atoms with van der Waals surface area (Å²) in [6.07, 6.45) is -0.320. The van der Waals surface area contributed by atoms with Gasteiger partial charge in [-0.05, 0) is 19.1 Å². The molecule has 4 heteroatoms. The third-order valence-electron chi connectivity index (χ3n) is 2.02. The van der Waals surface area contributed by atoms with Crippen LogP contribution in [0.4, 0.5) is 4.79 Å². The van der Waals surface area contributed by atoms with E-state index in [9.17, 15) is 4.79 Å². The predicted octanol–water partition coefficient (Wildman–Crippen LogP) is 2.15. The van der Waals surface area contributed by atoms with E-state index in [1.165, 1.54) is 4.90 Å². The smallest absolute Gasteiger partial charge is 0.409 e. The molecule has 1 aromatic rings. The number of nitrogens with zero attached hydrogens (tertiary/aromatic N) is 1. The number of para-hydroxylation sites is 1. The summed E-state index contributed by atoms with van der Waals surface area (Å²) >= 11 is 0. The van der Waals surface area contributed by atoms with Gasteiger partial charge in [0.25, 0.3) is 0 Å². The summed E-state index contributed by atoms with van der Waals surface area (Å²) < 4.78 is 10.3. The first kappa shape index (κ1) is 12.4. The van der Waals surface area contributed by atoms with E-state index in [-0.39, 0.29) is 6.09 Å². The van der Waals surface area contributed by atoms with Crippen LogP contribution in [-0.2, 0) is 4.74 Å². The van der Waals surface area contributed by atoms with E-state index >= 15 is 0 Å². The molecule has 88 valence electrons. The molecule has 0 aliphatic heterocycles. The number of carbonyl (C=O) groups is 1. The highest BCUT2D eigenvalue weighted by Crippen LogP contribution is 2.07. The summed E-state index contributed by atoms with van der Waals surface area (Å²) in [7, 11) is 1.69. The molecule has 0 radical (unpaired) electrons. The highest BCUT2D eigenvalue weighted by Gasteiger charge is 2.08. The Labute approximate surface area is 95.8 Å². The molecular formula is C12H17NO3. The van der Waals surface area contributed by atoms with E-state index in [4.69, 9.17) is 9.47 Å². The minimum absolute atomic E-state index is 0.320. The maximum atomic E-state index is 11.2. The second-order valence-electron chi connectivity index (χ2n) is 3.28. The molecule has 0 atom stereocenters. The topological polar surface area (TPSA) is 38.8 Å². The van der Waals surface area contributed by atoms with Gasteiger partial charge >= 0.3 is 6.09 Å². The average molecular weight is 223 g/mol. The number of likely N-dealkylation sites (N-methyl/N-ethyl adjacent to an activating group) is 1. The Morgan fingerprint density at radius 3 is 2.62 bits per heavy atom. The van der Waals surface area contributed by atoms with Crippen LogP contribution >= 0.6 is 0 Å². The molecule has 1 rings (SSSR count). The van der Waals surface area contributed by atoms with E-state index in [1.54, 1.807) is 14.0 Å². The van der Waals surface area contributed by atoms with Crippen molar-refractivity contribution in [3.8, 4) is 5.75 Å². The first-order chi connectivity index (χ1) is 7.74. The Kier molecular flexibility index (Phi) is 5.19. The summed E-state index contributed by atoms with van der Waals surface area (Å²) in [6, 6.07) is 9.50. The van der Waals surface area contributed by atoms with Crippen LogP contribution in [0, 0.1) is 0 Å². The normalized spacial score (nSPS) is 9.62. The number of hydrogen-bond donors (Lipinski definition) is 0. The first-order valence-corrected chi connectivity index (χ1v) is 5.29. The lowest BCUT2D eigenvalue weighted by Gasteiger charge is -2.16. The zero-order valence-electron chi connectivity index (χ0n) is 9.68. The molecule has 0 heterocycles. The van der Waals surface area contributed by atoms with Gasteiger partial charge < -0.3 is 14.4 Å². The van der Waals surface area contributed by atoms with Crippen molar-refractivity contribution in [1.82, 2.24) is 4.90 Å². The van der Waals surface area contributed by atoms with Crippen molar-refractivity contribution in [3.63, 3.8) is 0 Å². The van der Waals surface area contributed by atoms with Gasteiger partial charge in [0, 0.05) is 7.05 Å². The third kappa shape index (κ3) is 4.21. The average Bonchev–Trinajstić information content (AvgIpc) is 2.30. The molecule has 0 saturated heterocycles. The van der Waals surface area contributed by atoms with Crippen LogP contribution < -0.4 is 4.74 Å². The molecule has 0 fully saturated rings. The van der Waals surface area contributed by atoms with Crippen LogP contribution in [0.2, 0.25) is 0 Å². The lowest BCUT2D eigenvalue weighted by atomic mass is 10.3. The molecular weight excluding hydrogens is 206 g/mol. The summed E-state index contributed by atoms with van der Waals surface area (Å²) in [4.78, 5) is 12.7. The third-order valence-corrected chi connectivity index (χ3v) is 2.02. The second kappa shape index (κ2) is 6.71. The molecule has 0 spiro atoms. The Balaban J connectivity index is 2.23. The maximum Gasteiger partial charge on any atom is 0.409 e. The van der Waals surface area contributed by atoms with Crippen molar-refractivity contribution in [2.24, 2.45) is 0 Å². The lowest BCUT2D eigenvalue weighted by molar-refractivity contribution is 0.110. The molecule has 0 aromatic heterocycles. The van der Waals surface area contributed by atoms with Gasteiger partial charge in [0.15, 0.2) is 0 Å². The molecule has 0 unspecified atom stereocenters. The number of rotatable bonds is 5. The Morgan fingerprint density at radius 2 is 2.00 bits per heavy atom. The fourth-order valence-corrected chi connectivity index (χ4v) is 1.14. The summed E-state index contributed by atoms with van der Waals surface area (Å²) in [5.41, 5.74) is 0. The van der Waals surface area contributed by atoms with Gasteiger partial charge in [0.1, 0.15) is 12.4 Å². The van der Waals surface area contributed by atoms with Crippen molar-refractivity contribution in [2.45, 2.75) is 6.92 Å². The Hall–Kier alpha value is -1.71. The zero-order chi connectivity index (χ0) is 11.8. The number of benzene rings is 1. The Bertz CT molecular complexity index is 313. The quantitative estimate of drug-likeness (QED) is 0.767. The van der Waals surface area contributed by atoms with Gasteiger partial charge in [-0.15, -0.1) is 0 Å². The Morgan fingerprint density at radius 1 is 1.31 bits per heavy atom. The minimum atomic E-state index is -0.320. The molecule has 0 saturated carbocycles. The van der Waals surface area contributed by atoms with Crippen LogP contribution in [0.25, 0.3) is 0 Å². The molecule has 1 amide bonds. The van der Waals surface area contributed by atoms with E-state index < -0.39 is 0 Å². The van der Waals surface area contributed by atoms with Crippen LogP contribution in [-0.4, -0.2) is 37.8 Å². The van der Waals surface area contributed by atoms with Crippen LogP contribution in [0.3, 0.4) is 0 Å². The summed E-state index contributed by atoms with van der Waals surface area (Å²) in [5.74, 6) is 0.805. The largest absolute Gasteiger partial charge is 0.492 e. The molecule has 0 aliphatic rings. The van der Waals surface area contributed by atoms with E-state index in [0.717, 1.165) is 5.75 Å². The minimum Gasteiger partial charge on any atom is -0.492 e. The van der Waals surface area contributed by atoms with E-state index in [2.05, 4.69) is 0 Å². The number of amides is 1. The highest BCUT2D eigenvalue weighted by molar-refractivity contribution is 5.67. The molecule has 0 aliphatic carbocycles. The summed E-state index contributed by atoms with van der Waals surface area (Å²) in [6.45, 7) is 3.14. The zero-order valence-corrected chi connectivity index (χ0v) is 9.68. The molecule has 4 nitrogen and oxygen atoms in total. The van der Waals surface area contributed by atoms with E-state index in [0.29, 0.717) is 19.8 Å². The monoisotopic (exact) mass is 223 g/mol. The number of carbonyl (C=O) groups excluding carboxylic acids is 1. The van der Waals surface area contributed by atoms with Crippen LogP contribution in [0.15, 0.2) is 30.3 Å². The van der Waals surface area contributed by atoms with Crippen molar-refractivity contribution in [3.05, 3.63) is 30.3 Å². The lowest BCUT2D eigenvalue weighted by Crippen LogP contribution is -2.31. The number of ether oxygens (including phenoxy) is 2. The molecule has 1 aromatic carbocycles. The van der Waals surface area contributed by atoms with Gasteiger partial charge in [0.05, 0.1) is 13.2 Å². The molecule has 0 bridgehead atoms. The standard InChI is InChI=1S/C12H17NO3/c1-3-15-12(14)13(2)9-10-16-11-7-5-4-6-8-11/h4-8H,3,9-10H2,1-2H3. The van der Waals surface area contributed by atoms with Crippen molar-refractivity contribution in [1.29, 1.82) is 0 Å². The van der Waals surface area contributed by atoms with Gasteiger partial charge in [-0.25, -0.2) is 4.79 Å². The fraction of sp³-hybridized carbons (Fsp3) is 0.417. The maximum absolute atomic E-state index is 11.2. The van der Waals surface area contributed by atoms with E-state index in [1.807, 2.05) is 30.3 Å². The van der Waals surface area contributed by atoms with Gasteiger partial charge in [-0.1, -0.05) is 18.2 Å². The predicted molar refractivity (Wildman–Crippen MR) is 61.6 cm³/mol. The van der Waals surface area contributed by atoms with Gasteiger partial charge in [-0.3, -0.25) is 0 Å². The van der Waals surface area contributed by atoms with Crippen molar-refractivity contribution < 1.29 is 14.3 Å². The van der Waals surface area contributed by atoms with Crippen LogP contribution in [0.5, 0.6) is 5.75 Å². The van der Waals surface area contributed by atoms with Gasteiger partial charge in [0.2, 0.25) is 0 Å².